The fourth-order valence-corrected chi connectivity index (χ4v) is 3.77. The molecule has 0 saturated carbocycles. The lowest BCUT2D eigenvalue weighted by Gasteiger charge is -2.29. The van der Waals surface area contributed by atoms with Gasteiger partial charge in [-0.15, -0.1) is 0 Å². The highest BCUT2D eigenvalue weighted by atomic mass is 16.3. The minimum Gasteiger partial charge on any atom is -0.386 e. The van der Waals surface area contributed by atoms with Gasteiger partial charge in [0.2, 0.25) is 5.91 Å². The summed E-state index contributed by atoms with van der Waals surface area (Å²) in [5.41, 5.74) is 4.06. The Morgan fingerprint density at radius 1 is 0.821 bits per heavy atom. The Morgan fingerprint density at radius 3 is 2.07 bits per heavy atom. The van der Waals surface area contributed by atoms with Crippen LogP contribution < -0.4 is 10.6 Å². The zero-order valence-electron chi connectivity index (χ0n) is 15.6. The molecule has 0 spiro atoms. The van der Waals surface area contributed by atoms with Crippen LogP contribution in [0.4, 0.5) is 0 Å². The number of fused-ring (bicyclic) bond motifs is 1. The van der Waals surface area contributed by atoms with Crippen molar-refractivity contribution in [3.8, 4) is 0 Å². The van der Waals surface area contributed by atoms with Crippen LogP contribution in [0.5, 0.6) is 0 Å². The van der Waals surface area contributed by atoms with Gasteiger partial charge in [-0.1, -0.05) is 84.9 Å². The molecule has 0 aliphatic carbocycles. The van der Waals surface area contributed by atoms with Crippen LogP contribution >= 0.6 is 0 Å². The average molecular weight is 372 g/mol. The number of aliphatic hydroxyl groups excluding tert-OH is 1. The second kappa shape index (κ2) is 8.38. The highest BCUT2D eigenvalue weighted by Gasteiger charge is 2.30. The van der Waals surface area contributed by atoms with Gasteiger partial charge in [0.25, 0.3) is 0 Å². The molecule has 1 aliphatic rings. The predicted molar refractivity (Wildman–Crippen MR) is 110 cm³/mol. The van der Waals surface area contributed by atoms with Gasteiger partial charge in [0.15, 0.2) is 0 Å². The third-order valence-electron chi connectivity index (χ3n) is 5.31. The van der Waals surface area contributed by atoms with Crippen molar-refractivity contribution in [2.24, 2.45) is 0 Å². The number of carbonyl (C=O) groups is 1. The van der Waals surface area contributed by atoms with Gasteiger partial charge < -0.3 is 10.4 Å². The lowest BCUT2D eigenvalue weighted by Crippen LogP contribution is -2.46. The zero-order chi connectivity index (χ0) is 19.3. The number of hydrogen-bond acceptors (Lipinski definition) is 3. The van der Waals surface area contributed by atoms with Crippen molar-refractivity contribution in [1.82, 2.24) is 10.6 Å². The second-order valence-corrected chi connectivity index (χ2v) is 7.15. The molecule has 142 valence electrons. The molecule has 0 fully saturated rings. The predicted octanol–water partition coefficient (Wildman–Crippen LogP) is 3.29. The summed E-state index contributed by atoms with van der Waals surface area (Å²) in [4.78, 5) is 12.8. The van der Waals surface area contributed by atoms with Crippen molar-refractivity contribution in [2.45, 2.75) is 31.2 Å². The van der Waals surface area contributed by atoms with Crippen LogP contribution in [0.3, 0.4) is 0 Å². The molecule has 0 bridgehead atoms. The summed E-state index contributed by atoms with van der Waals surface area (Å²) in [5.74, 6) is -0.0441. The van der Waals surface area contributed by atoms with Crippen LogP contribution in [0, 0.1) is 0 Å². The molecule has 28 heavy (non-hydrogen) atoms. The zero-order valence-corrected chi connectivity index (χ0v) is 15.6. The maximum atomic E-state index is 12.8. The maximum Gasteiger partial charge on any atom is 0.237 e. The van der Waals surface area contributed by atoms with Crippen molar-refractivity contribution < 1.29 is 9.90 Å². The Balaban J connectivity index is 1.64. The van der Waals surface area contributed by atoms with E-state index in [0.717, 1.165) is 22.3 Å². The third kappa shape index (κ3) is 3.98. The number of rotatable bonds is 5. The molecule has 1 heterocycles. The fraction of sp³-hybridized carbons (Fsp3) is 0.208. The lowest BCUT2D eigenvalue weighted by molar-refractivity contribution is -0.123. The topological polar surface area (TPSA) is 61.4 Å². The van der Waals surface area contributed by atoms with E-state index in [1.807, 2.05) is 78.9 Å². The van der Waals surface area contributed by atoms with Crippen molar-refractivity contribution in [2.75, 3.05) is 0 Å². The first-order valence-corrected chi connectivity index (χ1v) is 9.61. The molecule has 3 N–H and O–H groups in total. The summed E-state index contributed by atoms with van der Waals surface area (Å²) in [5, 5.41) is 17.6. The van der Waals surface area contributed by atoms with E-state index in [0.29, 0.717) is 13.0 Å². The van der Waals surface area contributed by atoms with Crippen LogP contribution in [0.25, 0.3) is 0 Å². The molecule has 4 heteroatoms. The second-order valence-electron chi connectivity index (χ2n) is 7.15. The van der Waals surface area contributed by atoms with Gasteiger partial charge in [-0.2, -0.15) is 0 Å². The van der Waals surface area contributed by atoms with Crippen molar-refractivity contribution in [1.29, 1.82) is 0 Å². The Kier molecular flexibility index (Phi) is 5.51. The van der Waals surface area contributed by atoms with E-state index in [1.165, 1.54) is 0 Å². The number of nitrogens with one attached hydrogen (secondary N) is 2. The molecule has 4 nitrogen and oxygen atoms in total. The molecule has 0 radical (unpaired) electrons. The number of amides is 1. The lowest BCUT2D eigenvalue weighted by atomic mass is 9.93. The minimum absolute atomic E-state index is 0.0441. The van der Waals surface area contributed by atoms with Gasteiger partial charge in [0.1, 0.15) is 0 Å². The van der Waals surface area contributed by atoms with E-state index in [1.54, 1.807) is 0 Å². The molecule has 1 aliphatic heterocycles. The summed E-state index contributed by atoms with van der Waals surface area (Å²) in [7, 11) is 0. The number of hydrogen-bond donors (Lipinski definition) is 3. The van der Waals surface area contributed by atoms with Crippen LogP contribution in [0.15, 0.2) is 84.9 Å². The molecular formula is C24H24N2O2. The molecule has 3 aromatic carbocycles. The van der Waals surface area contributed by atoms with E-state index in [4.69, 9.17) is 0 Å². The largest absolute Gasteiger partial charge is 0.386 e. The van der Waals surface area contributed by atoms with E-state index < -0.39 is 18.2 Å². The molecule has 3 atom stereocenters. The first-order chi connectivity index (χ1) is 13.7. The maximum absolute atomic E-state index is 12.8. The monoisotopic (exact) mass is 372 g/mol. The Morgan fingerprint density at radius 2 is 1.39 bits per heavy atom. The van der Waals surface area contributed by atoms with Crippen molar-refractivity contribution in [3.63, 3.8) is 0 Å². The molecule has 3 aromatic rings. The number of aliphatic hydroxyl groups is 1. The van der Waals surface area contributed by atoms with E-state index in [-0.39, 0.29) is 5.91 Å². The molecule has 1 amide bonds. The summed E-state index contributed by atoms with van der Waals surface area (Å²) < 4.78 is 0. The summed E-state index contributed by atoms with van der Waals surface area (Å²) in [6.07, 6.45) is -0.178. The first-order valence-electron chi connectivity index (χ1n) is 9.61. The highest BCUT2D eigenvalue weighted by Crippen LogP contribution is 2.30. The van der Waals surface area contributed by atoms with E-state index >= 15 is 0 Å². The molecule has 0 saturated heterocycles. The normalized spacial score (nSPS) is 18.5. The highest BCUT2D eigenvalue weighted by molar-refractivity contribution is 5.83. The van der Waals surface area contributed by atoms with Crippen molar-refractivity contribution in [3.05, 3.63) is 107 Å². The minimum atomic E-state index is -0.769. The Bertz CT molecular complexity index is 928. The Labute approximate surface area is 165 Å². The summed E-state index contributed by atoms with van der Waals surface area (Å²) in [6, 6.07) is 26.6. The van der Waals surface area contributed by atoms with Gasteiger partial charge >= 0.3 is 0 Å². The van der Waals surface area contributed by atoms with Gasteiger partial charge in [0, 0.05) is 6.54 Å². The standard InChI is InChI=1S/C24H24N2O2/c27-23(18-11-5-2-6-12-18)22(17-9-3-1-4-10-17)26-21-15-19-13-7-8-14-20(19)16-25-24(21)28/h1-14,21-23,26-27H,15-16H2,(H,25,28)/t21?,22-,23+/m0/s1. The average Bonchev–Trinajstić information content (AvgIpc) is 2.91. The third-order valence-corrected chi connectivity index (χ3v) is 5.31. The van der Waals surface area contributed by atoms with Crippen LogP contribution in [-0.2, 0) is 17.8 Å². The van der Waals surface area contributed by atoms with Gasteiger partial charge in [0.05, 0.1) is 18.2 Å². The first kappa shape index (κ1) is 18.4. The Hall–Kier alpha value is -2.95. The van der Waals surface area contributed by atoms with Crippen LogP contribution in [0.1, 0.15) is 34.4 Å². The molecule has 4 rings (SSSR count). The molecular weight excluding hydrogens is 348 g/mol. The van der Waals surface area contributed by atoms with Crippen LogP contribution in [0.2, 0.25) is 0 Å². The fourth-order valence-electron chi connectivity index (χ4n) is 3.77. The van der Waals surface area contributed by atoms with E-state index in [9.17, 15) is 9.90 Å². The van der Waals surface area contributed by atoms with Gasteiger partial charge in [-0.25, -0.2) is 0 Å². The quantitative estimate of drug-likeness (QED) is 0.644. The summed E-state index contributed by atoms with van der Waals surface area (Å²) >= 11 is 0. The van der Waals surface area contributed by atoms with E-state index in [2.05, 4.69) is 16.7 Å². The van der Waals surface area contributed by atoms with Crippen molar-refractivity contribution >= 4 is 5.91 Å². The SMILES string of the molecule is O=C1NCc2ccccc2CC1N[C@@H](c1ccccc1)[C@H](O)c1ccccc1. The number of benzene rings is 3. The van der Waals surface area contributed by atoms with Gasteiger partial charge in [-0.05, 0) is 28.7 Å². The number of carbonyl (C=O) groups excluding carboxylic acids is 1. The smallest absolute Gasteiger partial charge is 0.237 e. The summed E-state index contributed by atoms with van der Waals surface area (Å²) in [6.45, 7) is 0.532. The molecule has 0 aromatic heterocycles. The van der Waals surface area contributed by atoms with Crippen LogP contribution in [-0.4, -0.2) is 17.1 Å². The van der Waals surface area contributed by atoms with Gasteiger partial charge in [-0.3, -0.25) is 10.1 Å². The molecule has 1 unspecified atom stereocenters.